The molecule has 0 saturated carbocycles. The van der Waals surface area contributed by atoms with E-state index in [2.05, 4.69) is 15.5 Å². The van der Waals surface area contributed by atoms with Crippen LogP contribution in [0.5, 0.6) is 0 Å². The summed E-state index contributed by atoms with van der Waals surface area (Å²) in [5.74, 6) is 1.29. The first-order valence-corrected chi connectivity index (χ1v) is 7.23. The van der Waals surface area contributed by atoms with Gasteiger partial charge in [0.2, 0.25) is 17.7 Å². The molecule has 3 rings (SSSR count). The molecule has 3 heterocycles. The number of anilines is 1. The molecule has 3 aromatic heterocycles. The van der Waals surface area contributed by atoms with E-state index in [9.17, 15) is 4.79 Å². The van der Waals surface area contributed by atoms with Crippen molar-refractivity contribution in [3.05, 3.63) is 40.7 Å². The summed E-state index contributed by atoms with van der Waals surface area (Å²) in [7, 11) is 0. The summed E-state index contributed by atoms with van der Waals surface area (Å²) in [6, 6.07) is 5.51. The van der Waals surface area contributed by atoms with E-state index >= 15 is 0 Å². The van der Waals surface area contributed by atoms with E-state index in [1.807, 2.05) is 17.5 Å². The molecule has 0 aliphatic rings. The molecule has 0 saturated heterocycles. The standard InChI is InChI=1S/C14H13N3O3S/c1-8-6-13(20-17-8)16-12(18)7-10-9(2)19-14(15-10)11-4-3-5-21-11/h3-6H,7H2,1-2H3,(H,16,18). The second-order valence-electron chi connectivity index (χ2n) is 4.56. The minimum atomic E-state index is -0.222. The molecule has 0 fully saturated rings. The number of carbonyl (C=O) groups is 1. The van der Waals surface area contributed by atoms with Gasteiger partial charge < -0.3 is 8.94 Å². The Labute approximate surface area is 124 Å². The van der Waals surface area contributed by atoms with Gasteiger partial charge >= 0.3 is 0 Å². The molecule has 1 amide bonds. The molecule has 0 unspecified atom stereocenters. The highest BCUT2D eigenvalue weighted by Crippen LogP contribution is 2.26. The average molecular weight is 303 g/mol. The van der Waals surface area contributed by atoms with Gasteiger partial charge in [-0.15, -0.1) is 11.3 Å². The Morgan fingerprint density at radius 1 is 1.43 bits per heavy atom. The van der Waals surface area contributed by atoms with Gasteiger partial charge in [-0.25, -0.2) is 4.98 Å². The summed E-state index contributed by atoms with van der Waals surface area (Å²) < 4.78 is 10.5. The second-order valence-corrected chi connectivity index (χ2v) is 5.50. The normalized spacial score (nSPS) is 10.8. The zero-order valence-corrected chi connectivity index (χ0v) is 12.4. The number of oxazole rings is 1. The third-order valence-corrected chi connectivity index (χ3v) is 3.70. The van der Waals surface area contributed by atoms with Crippen LogP contribution in [0.1, 0.15) is 17.1 Å². The van der Waals surface area contributed by atoms with Crippen LogP contribution >= 0.6 is 11.3 Å². The topological polar surface area (TPSA) is 81.2 Å². The van der Waals surface area contributed by atoms with E-state index in [0.717, 1.165) is 4.88 Å². The van der Waals surface area contributed by atoms with Gasteiger partial charge in [-0.3, -0.25) is 10.1 Å². The molecule has 0 aromatic carbocycles. The van der Waals surface area contributed by atoms with E-state index in [-0.39, 0.29) is 12.3 Å². The quantitative estimate of drug-likeness (QED) is 0.800. The number of thiophene rings is 1. The number of aromatic nitrogens is 2. The fourth-order valence-electron chi connectivity index (χ4n) is 1.85. The van der Waals surface area contributed by atoms with E-state index in [0.29, 0.717) is 28.9 Å². The van der Waals surface area contributed by atoms with Crippen molar-refractivity contribution in [2.75, 3.05) is 5.32 Å². The molecular weight excluding hydrogens is 290 g/mol. The maximum absolute atomic E-state index is 12.0. The number of rotatable bonds is 4. The second kappa shape index (κ2) is 5.53. The van der Waals surface area contributed by atoms with Crippen molar-refractivity contribution in [1.82, 2.24) is 10.1 Å². The molecule has 0 bridgehead atoms. The largest absolute Gasteiger partial charge is 0.440 e. The number of nitrogens with zero attached hydrogens (tertiary/aromatic N) is 2. The summed E-state index contributed by atoms with van der Waals surface area (Å²) in [6.45, 7) is 3.58. The number of amides is 1. The lowest BCUT2D eigenvalue weighted by Gasteiger charge is -1.98. The summed E-state index contributed by atoms with van der Waals surface area (Å²) >= 11 is 1.54. The van der Waals surface area contributed by atoms with E-state index in [1.165, 1.54) is 0 Å². The van der Waals surface area contributed by atoms with Crippen LogP contribution in [0.15, 0.2) is 32.5 Å². The van der Waals surface area contributed by atoms with Crippen molar-refractivity contribution in [2.45, 2.75) is 20.3 Å². The zero-order chi connectivity index (χ0) is 14.8. The lowest BCUT2D eigenvalue weighted by molar-refractivity contribution is -0.115. The molecule has 0 spiro atoms. The molecular formula is C14H13N3O3S. The van der Waals surface area contributed by atoms with Gasteiger partial charge in [0.25, 0.3) is 0 Å². The summed E-state index contributed by atoms with van der Waals surface area (Å²) in [4.78, 5) is 17.3. The van der Waals surface area contributed by atoms with Gasteiger partial charge in [-0.1, -0.05) is 11.2 Å². The molecule has 0 radical (unpaired) electrons. The van der Waals surface area contributed by atoms with E-state index in [1.54, 1.807) is 31.3 Å². The SMILES string of the molecule is Cc1cc(NC(=O)Cc2nc(-c3cccs3)oc2C)on1. The zero-order valence-electron chi connectivity index (χ0n) is 11.5. The molecule has 0 aliphatic heterocycles. The first kappa shape index (κ1) is 13.6. The highest BCUT2D eigenvalue weighted by atomic mass is 32.1. The van der Waals surface area contributed by atoms with Crippen LogP contribution in [0.2, 0.25) is 0 Å². The Morgan fingerprint density at radius 2 is 2.29 bits per heavy atom. The lowest BCUT2D eigenvalue weighted by Crippen LogP contribution is -2.14. The van der Waals surface area contributed by atoms with Gasteiger partial charge in [0, 0.05) is 6.07 Å². The molecule has 6 nitrogen and oxygen atoms in total. The third-order valence-electron chi connectivity index (χ3n) is 2.84. The molecule has 7 heteroatoms. The van der Waals surface area contributed by atoms with Crippen molar-refractivity contribution >= 4 is 23.1 Å². The number of hydrogen-bond donors (Lipinski definition) is 1. The van der Waals surface area contributed by atoms with Crippen molar-refractivity contribution in [3.8, 4) is 10.8 Å². The van der Waals surface area contributed by atoms with Crippen LogP contribution in [-0.4, -0.2) is 16.0 Å². The highest BCUT2D eigenvalue weighted by Gasteiger charge is 2.16. The lowest BCUT2D eigenvalue weighted by atomic mass is 10.2. The Kier molecular flexibility index (Phi) is 3.57. The minimum absolute atomic E-state index is 0.125. The average Bonchev–Trinajstić information content (AvgIpc) is 3.13. The van der Waals surface area contributed by atoms with Gasteiger partial charge in [0.05, 0.1) is 22.7 Å². The summed E-state index contributed by atoms with van der Waals surface area (Å²) in [6.07, 6.45) is 0.125. The highest BCUT2D eigenvalue weighted by molar-refractivity contribution is 7.13. The molecule has 0 aliphatic carbocycles. The smallest absolute Gasteiger partial charge is 0.236 e. The third kappa shape index (κ3) is 3.03. The van der Waals surface area contributed by atoms with Gasteiger partial charge in [0.1, 0.15) is 5.76 Å². The predicted molar refractivity (Wildman–Crippen MR) is 78.1 cm³/mol. The molecule has 0 atom stereocenters. The minimum Gasteiger partial charge on any atom is -0.440 e. The Bertz CT molecular complexity index is 758. The number of nitrogens with one attached hydrogen (secondary N) is 1. The monoisotopic (exact) mass is 303 g/mol. The fourth-order valence-corrected chi connectivity index (χ4v) is 2.50. The van der Waals surface area contributed by atoms with Crippen LogP contribution in [-0.2, 0) is 11.2 Å². The fraction of sp³-hybridized carbons (Fsp3) is 0.214. The molecule has 21 heavy (non-hydrogen) atoms. The predicted octanol–water partition coefficient (Wildman–Crippen LogP) is 3.19. The Morgan fingerprint density at radius 3 is 2.95 bits per heavy atom. The molecule has 3 aromatic rings. The molecule has 1 N–H and O–H groups in total. The van der Waals surface area contributed by atoms with Gasteiger partial charge in [-0.05, 0) is 25.3 Å². The van der Waals surface area contributed by atoms with Gasteiger partial charge in [0.15, 0.2) is 0 Å². The van der Waals surface area contributed by atoms with Crippen molar-refractivity contribution < 1.29 is 13.7 Å². The van der Waals surface area contributed by atoms with Crippen molar-refractivity contribution in [2.24, 2.45) is 0 Å². The van der Waals surface area contributed by atoms with Crippen LogP contribution < -0.4 is 5.32 Å². The first-order valence-electron chi connectivity index (χ1n) is 6.35. The van der Waals surface area contributed by atoms with Crippen LogP contribution in [0.4, 0.5) is 5.88 Å². The van der Waals surface area contributed by atoms with Crippen molar-refractivity contribution in [3.63, 3.8) is 0 Å². The maximum atomic E-state index is 12.0. The maximum Gasteiger partial charge on any atom is 0.236 e. The van der Waals surface area contributed by atoms with Crippen LogP contribution in [0, 0.1) is 13.8 Å². The van der Waals surface area contributed by atoms with Crippen LogP contribution in [0.3, 0.4) is 0 Å². The Balaban J connectivity index is 1.71. The Hall–Kier alpha value is -2.41. The number of aryl methyl sites for hydroxylation is 2. The van der Waals surface area contributed by atoms with E-state index < -0.39 is 0 Å². The summed E-state index contributed by atoms with van der Waals surface area (Å²) in [5, 5.41) is 8.30. The molecule has 108 valence electrons. The van der Waals surface area contributed by atoms with Gasteiger partial charge in [-0.2, -0.15) is 0 Å². The number of hydrogen-bond acceptors (Lipinski definition) is 6. The van der Waals surface area contributed by atoms with E-state index in [4.69, 9.17) is 8.94 Å². The number of carbonyl (C=O) groups excluding carboxylic acids is 1. The van der Waals surface area contributed by atoms with Crippen molar-refractivity contribution in [1.29, 1.82) is 0 Å². The summed E-state index contributed by atoms with van der Waals surface area (Å²) in [5.41, 5.74) is 1.33. The first-order chi connectivity index (χ1) is 10.1. The van der Waals surface area contributed by atoms with Crippen LogP contribution in [0.25, 0.3) is 10.8 Å².